The first-order valence-corrected chi connectivity index (χ1v) is 9.08. The number of ether oxygens (including phenoxy) is 1. The molecule has 1 aliphatic heterocycles. The fourth-order valence-corrected chi connectivity index (χ4v) is 3.32. The van der Waals surface area contributed by atoms with Gasteiger partial charge in [-0.05, 0) is 26.7 Å². The van der Waals surface area contributed by atoms with Crippen LogP contribution in [-0.2, 0) is 16.1 Å². The van der Waals surface area contributed by atoms with Crippen molar-refractivity contribution < 1.29 is 14.3 Å². The molecular weight excluding hydrogens is 334 g/mol. The summed E-state index contributed by atoms with van der Waals surface area (Å²) in [5, 5.41) is 8.67. The minimum atomic E-state index is -0.394. The summed E-state index contributed by atoms with van der Waals surface area (Å²) in [6.07, 6.45) is 4.95. The number of hydrogen-bond donors (Lipinski definition) is 1. The molecule has 3 rings (SSSR count). The molecule has 26 heavy (non-hydrogen) atoms. The molecule has 0 aromatic carbocycles. The SMILES string of the molecule is CCOC(=O)c1cnc2c(cnn2CC)c1NC1CCN(C(C)=O)CC1. The van der Waals surface area contributed by atoms with E-state index in [9.17, 15) is 9.59 Å². The zero-order valence-electron chi connectivity index (χ0n) is 15.5. The lowest BCUT2D eigenvalue weighted by molar-refractivity contribution is -0.129. The highest BCUT2D eigenvalue weighted by Crippen LogP contribution is 2.29. The van der Waals surface area contributed by atoms with E-state index in [4.69, 9.17) is 4.74 Å². The number of aryl methyl sites for hydroxylation is 1. The van der Waals surface area contributed by atoms with E-state index in [0.717, 1.165) is 29.6 Å². The van der Waals surface area contributed by atoms with Gasteiger partial charge in [-0.3, -0.25) is 4.79 Å². The molecule has 2 aromatic rings. The maximum absolute atomic E-state index is 12.4. The fourth-order valence-electron chi connectivity index (χ4n) is 3.32. The van der Waals surface area contributed by atoms with Crippen LogP contribution in [-0.4, -0.2) is 57.3 Å². The highest BCUT2D eigenvalue weighted by Gasteiger charge is 2.25. The van der Waals surface area contributed by atoms with Crippen LogP contribution in [0.5, 0.6) is 0 Å². The highest BCUT2D eigenvalue weighted by molar-refractivity contribution is 6.04. The van der Waals surface area contributed by atoms with Crippen LogP contribution in [0.3, 0.4) is 0 Å². The van der Waals surface area contributed by atoms with Crippen molar-refractivity contribution in [1.29, 1.82) is 0 Å². The number of fused-ring (bicyclic) bond motifs is 1. The lowest BCUT2D eigenvalue weighted by atomic mass is 10.0. The third-order valence-electron chi connectivity index (χ3n) is 4.75. The van der Waals surface area contributed by atoms with Crippen LogP contribution in [0.25, 0.3) is 11.0 Å². The standard InChI is InChI=1S/C18H25N5O3/c1-4-23-17-14(11-20-23)16(15(10-19-17)18(25)26-5-2)21-13-6-8-22(9-7-13)12(3)24/h10-11,13H,4-9H2,1-3H3,(H,19,21). The van der Waals surface area contributed by atoms with Gasteiger partial charge in [0.2, 0.25) is 5.91 Å². The maximum atomic E-state index is 12.4. The Labute approximate surface area is 152 Å². The van der Waals surface area contributed by atoms with Crippen LogP contribution in [0, 0.1) is 0 Å². The summed E-state index contributed by atoms with van der Waals surface area (Å²) in [6, 6.07) is 0.175. The third kappa shape index (κ3) is 3.49. The number of amides is 1. The monoisotopic (exact) mass is 359 g/mol. The smallest absolute Gasteiger partial charge is 0.341 e. The van der Waals surface area contributed by atoms with Gasteiger partial charge in [-0.1, -0.05) is 0 Å². The van der Waals surface area contributed by atoms with E-state index < -0.39 is 5.97 Å². The average molecular weight is 359 g/mol. The third-order valence-corrected chi connectivity index (χ3v) is 4.75. The van der Waals surface area contributed by atoms with E-state index in [1.54, 1.807) is 30.9 Å². The Bertz CT molecular complexity index is 809. The number of esters is 1. The topological polar surface area (TPSA) is 89.3 Å². The van der Waals surface area contributed by atoms with Gasteiger partial charge in [0, 0.05) is 38.8 Å². The van der Waals surface area contributed by atoms with Crippen LogP contribution in [0.2, 0.25) is 0 Å². The Morgan fingerprint density at radius 2 is 2.00 bits per heavy atom. The van der Waals surface area contributed by atoms with Crippen molar-refractivity contribution >= 4 is 28.6 Å². The van der Waals surface area contributed by atoms with E-state index in [0.29, 0.717) is 31.8 Å². The molecule has 1 saturated heterocycles. The summed E-state index contributed by atoms with van der Waals surface area (Å²) >= 11 is 0. The number of carbonyl (C=O) groups is 2. The molecule has 1 amide bonds. The van der Waals surface area contributed by atoms with Crippen LogP contribution in [0.4, 0.5) is 5.69 Å². The van der Waals surface area contributed by atoms with Gasteiger partial charge in [0.05, 0.1) is 23.9 Å². The summed E-state index contributed by atoms with van der Waals surface area (Å²) in [4.78, 5) is 30.2. The van der Waals surface area contributed by atoms with Crippen LogP contribution >= 0.6 is 0 Å². The second kappa shape index (κ2) is 7.72. The molecule has 0 aliphatic carbocycles. The number of pyridine rings is 1. The van der Waals surface area contributed by atoms with Gasteiger partial charge in [0.25, 0.3) is 0 Å². The number of nitrogens with one attached hydrogen (secondary N) is 1. The molecule has 140 valence electrons. The van der Waals surface area contributed by atoms with E-state index in [1.807, 2.05) is 11.8 Å². The fraction of sp³-hybridized carbons (Fsp3) is 0.556. The lowest BCUT2D eigenvalue weighted by Gasteiger charge is -2.32. The van der Waals surface area contributed by atoms with Gasteiger partial charge in [-0.15, -0.1) is 0 Å². The summed E-state index contributed by atoms with van der Waals surface area (Å²) in [7, 11) is 0. The Morgan fingerprint density at radius 3 is 2.62 bits per heavy atom. The number of rotatable bonds is 5. The zero-order chi connectivity index (χ0) is 18.7. The molecule has 1 aliphatic rings. The predicted molar refractivity (Wildman–Crippen MR) is 98.1 cm³/mol. The summed E-state index contributed by atoms with van der Waals surface area (Å²) < 4.78 is 6.99. The van der Waals surface area contributed by atoms with Gasteiger partial charge in [-0.2, -0.15) is 5.10 Å². The first-order valence-electron chi connectivity index (χ1n) is 9.08. The molecule has 0 spiro atoms. The van der Waals surface area contributed by atoms with E-state index in [-0.39, 0.29) is 11.9 Å². The molecule has 2 aromatic heterocycles. The Morgan fingerprint density at radius 1 is 1.27 bits per heavy atom. The summed E-state index contributed by atoms with van der Waals surface area (Å²) in [5.74, 6) is -0.291. The number of aromatic nitrogens is 3. The number of piperidine rings is 1. The number of anilines is 1. The van der Waals surface area contributed by atoms with Crippen LogP contribution in [0.15, 0.2) is 12.4 Å². The van der Waals surface area contributed by atoms with Crippen molar-refractivity contribution in [2.75, 3.05) is 25.0 Å². The average Bonchev–Trinajstić information content (AvgIpc) is 3.06. The van der Waals surface area contributed by atoms with Crippen LogP contribution in [0.1, 0.15) is 44.0 Å². The molecule has 0 saturated carbocycles. The number of nitrogens with zero attached hydrogens (tertiary/aromatic N) is 4. The van der Waals surface area contributed by atoms with E-state index >= 15 is 0 Å². The van der Waals surface area contributed by atoms with Crippen molar-refractivity contribution in [2.24, 2.45) is 0 Å². The number of hydrogen-bond acceptors (Lipinski definition) is 6. The molecule has 8 nitrogen and oxygen atoms in total. The minimum Gasteiger partial charge on any atom is -0.462 e. The van der Waals surface area contributed by atoms with E-state index in [2.05, 4.69) is 15.4 Å². The van der Waals surface area contributed by atoms with Crippen LogP contribution < -0.4 is 5.32 Å². The normalized spacial score (nSPS) is 15.3. The molecule has 1 N–H and O–H groups in total. The summed E-state index contributed by atoms with van der Waals surface area (Å²) in [5.41, 5.74) is 1.88. The second-order valence-corrected chi connectivity index (χ2v) is 6.39. The molecule has 0 unspecified atom stereocenters. The second-order valence-electron chi connectivity index (χ2n) is 6.39. The van der Waals surface area contributed by atoms with Gasteiger partial charge < -0.3 is 15.0 Å². The Balaban J connectivity index is 1.91. The Hall–Kier alpha value is -2.64. The van der Waals surface area contributed by atoms with Crippen molar-refractivity contribution in [3.05, 3.63) is 18.0 Å². The molecule has 1 fully saturated rings. The molecule has 8 heteroatoms. The van der Waals surface area contributed by atoms with Gasteiger partial charge in [0.1, 0.15) is 5.56 Å². The zero-order valence-corrected chi connectivity index (χ0v) is 15.5. The minimum absolute atomic E-state index is 0.103. The van der Waals surface area contributed by atoms with Crippen molar-refractivity contribution in [3.63, 3.8) is 0 Å². The van der Waals surface area contributed by atoms with Crippen molar-refractivity contribution in [1.82, 2.24) is 19.7 Å². The maximum Gasteiger partial charge on any atom is 0.341 e. The molecule has 0 bridgehead atoms. The number of likely N-dealkylation sites (tertiary alicyclic amines) is 1. The van der Waals surface area contributed by atoms with Gasteiger partial charge in [0.15, 0.2) is 5.65 Å². The largest absolute Gasteiger partial charge is 0.462 e. The van der Waals surface area contributed by atoms with Crippen molar-refractivity contribution in [3.8, 4) is 0 Å². The molecule has 0 radical (unpaired) electrons. The summed E-state index contributed by atoms with van der Waals surface area (Å²) in [6.45, 7) is 7.81. The van der Waals surface area contributed by atoms with E-state index in [1.165, 1.54) is 0 Å². The first kappa shape index (κ1) is 18.2. The molecule has 0 atom stereocenters. The highest BCUT2D eigenvalue weighted by atomic mass is 16.5. The quantitative estimate of drug-likeness (QED) is 0.822. The predicted octanol–water partition coefficient (Wildman–Crippen LogP) is 2.05. The van der Waals surface area contributed by atoms with Crippen molar-refractivity contribution in [2.45, 2.75) is 46.2 Å². The van der Waals surface area contributed by atoms with Gasteiger partial charge in [-0.25, -0.2) is 14.5 Å². The van der Waals surface area contributed by atoms with Gasteiger partial charge >= 0.3 is 5.97 Å². The molecule has 3 heterocycles. The Kier molecular flexibility index (Phi) is 5.39. The molecular formula is C18H25N5O3. The number of carbonyl (C=O) groups excluding carboxylic acids is 2. The first-order chi connectivity index (χ1) is 12.5. The lowest BCUT2D eigenvalue weighted by Crippen LogP contribution is -2.41.